The summed E-state index contributed by atoms with van der Waals surface area (Å²) in [4.78, 5) is 0. The van der Waals surface area contributed by atoms with Gasteiger partial charge >= 0.3 is 0 Å². The third-order valence-electron chi connectivity index (χ3n) is 1.38. The molecule has 0 aromatic carbocycles. The summed E-state index contributed by atoms with van der Waals surface area (Å²) < 4.78 is 5.15. The molecule has 0 aromatic heterocycles. The molecule has 0 unspecified atom stereocenters. The van der Waals surface area contributed by atoms with Crippen LogP contribution in [-0.4, -0.2) is 6.61 Å². The lowest BCUT2D eigenvalue weighted by Gasteiger charge is -2.03. The second kappa shape index (κ2) is 4.78. The summed E-state index contributed by atoms with van der Waals surface area (Å²) in [7, 11) is 0. The Morgan fingerprint density at radius 3 is 2.27 bits per heavy atom. The smallest absolute Gasteiger partial charge is 0.112 e. The average molecular weight is 152 g/mol. The minimum absolute atomic E-state index is 0.665. The number of hydrogen-bond acceptors (Lipinski definition) is 1. The molecule has 0 aliphatic rings. The lowest BCUT2D eigenvalue weighted by atomic mass is 10.1. The lowest BCUT2D eigenvalue weighted by molar-refractivity contribution is 0.244. The fourth-order valence-electron chi connectivity index (χ4n) is 0.592. The Bertz CT molecular complexity index is 187. The van der Waals surface area contributed by atoms with Crippen molar-refractivity contribution in [2.24, 2.45) is 0 Å². The predicted molar refractivity (Wildman–Crippen MR) is 49.3 cm³/mol. The molecule has 0 radical (unpaired) electrons. The van der Waals surface area contributed by atoms with E-state index in [0.29, 0.717) is 12.4 Å². The standard InChI is InChI=1S/C10H16O/c1-6-11-10(5)7-9(4)8(2)3/h7H,2,5-6H2,1,3-4H3/b9-7-. The highest BCUT2D eigenvalue weighted by Gasteiger charge is 1.91. The summed E-state index contributed by atoms with van der Waals surface area (Å²) >= 11 is 0. The maximum absolute atomic E-state index is 5.15. The topological polar surface area (TPSA) is 9.23 Å². The minimum Gasteiger partial charge on any atom is -0.495 e. The third kappa shape index (κ3) is 4.43. The van der Waals surface area contributed by atoms with Crippen molar-refractivity contribution < 1.29 is 4.74 Å². The second-order valence-electron chi connectivity index (χ2n) is 2.51. The van der Waals surface area contributed by atoms with Crippen molar-refractivity contribution >= 4 is 0 Å². The van der Waals surface area contributed by atoms with Gasteiger partial charge in [0.25, 0.3) is 0 Å². The Hall–Kier alpha value is -0.980. The molecule has 0 amide bonds. The zero-order chi connectivity index (χ0) is 8.85. The molecule has 0 N–H and O–H groups in total. The molecular weight excluding hydrogens is 136 g/mol. The van der Waals surface area contributed by atoms with Gasteiger partial charge in [0.1, 0.15) is 5.76 Å². The Kier molecular flexibility index (Phi) is 4.35. The van der Waals surface area contributed by atoms with Crippen LogP contribution in [-0.2, 0) is 4.74 Å². The van der Waals surface area contributed by atoms with E-state index in [4.69, 9.17) is 4.74 Å². The number of hydrogen-bond donors (Lipinski definition) is 0. The van der Waals surface area contributed by atoms with Crippen molar-refractivity contribution in [2.45, 2.75) is 20.8 Å². The Balaban J connectivity index is 4.08. The fraction of sp³-hybridized carbons (Fsp3) is 0.400. The molecule has 0 aliphatic heterocycles. The number of rotatable bonds is 4. The van der Waals surface area contributed by atoms with E-state index >= 15 is 0 Å². The Morgan fingerprint density at radius 2 is 1.91 bits per heavy atom. The van der Waals surface area contributed by atoms with Gasteiger partial charge in [0.2, 0.25) is 0 Å². The molecule has 0 spiro atoms. The van der Waals surface area contributed by atoms with E-state index in [2.05, 4.69) is 13.2 Å². The van der Waals surface area contributed by atoms with Crippen LogP contribution in [0.15, 0.2) is 36.1 Å². The van der Waals surface area contributed by atoms with Crippen LogP contribution in [0.25, 0.3) is 0 Å². The highest BCUT2D eigenvalue weighted by Crippen LogP contribution is 2.08. The molecule has 0 rings (SSSR count). The van der Waals surface area contributed by atoms with Gasteiger partial charge < -0.3 is 4.74 Å². The monoisotopic (exact) mass is 152 g/mol. The predicted octanol–water partition coefficient (Wildman–Crippen LogP) is 3.06. The van der Waals surface area contributed by atoms with Crippen LogP contribution in [0.2, 0.25) is 0 Å². The highest BCUT2D eigenvalue weighted by molar-refractivity contribution is 5.29. The summed E-state index contributed by atoms with van der Waals surface area (Å²) in [6.07, 6.45) is 1.89. The SMILES string of the molecule is C=C(/C=C(/C)C(=C)C)OCC. The van der Waals surface area contributed by atoms with E-state index in [1.54, 1.807) is 0 Å². The summed E-state index contributed by atoms with van der Waals surface area (Å²) in [5, 5.41) is 0. The van der Waals surface area contributed by atoms with E-state index in [9.17, 15) is 0 Å². The first kappa shape index (κ1) is 10.0. The van der Waals surface area contributed by atoms with Gasteiger partial charge in [0.15, 0.2) is 0 Å². The minimum atomic E-state index is 0.665. The maximum Gasteiger partial charge on any atom is 0.112 e. The summed E-state index contributed by atoms with van der Waals surface area (Å²) in [5.74, 6) is 0.702. The first-order chi connectivity index (χ1) is 5.07. The van der Waals surface area contributed by atoms with Gasteiger partial charge in [-0.3, -0.25) is 0 Å². The molecule has 0 fully saturated rings. The van der Waals surface area contributed by atoms with E-state index < -0.39 is 0 Å². The van der Waals surface area contributed by atoms with Crippen molar-refractivity contribution in [3.63, 3.8) is 0 Å². The Morgan fingerprint density at radius 1 is 1.36 bits per heavy atom. The largest absolute Gasteiger partial charge is 0.495 e. The van der Waals surface area contributed by atoms with E-state index in [1.807, 2.05) is 26.8 Å². The molecular formula is C10H16O. The molecule has 0 saturated carbocycles. The van der Waals surface area contributed by atoms with E-state index in [0.717, 1.165) is 11.1 Å². The van der Waals surface area contributed by atoms with Crippen molar-refractivity contribution in [3.05, 3.63) is 36.1 Å². The summed E-state index contributed by atoms with van der Waals surface area (Å²) in [6, 6.07) is 0. The summed E-state index contributed by atoms with van der Waals surface area (Å²) in [6.45, 7) is 14.1. The number of allylic oxidation sites excluding steroid dienone is 3. The van der Waals surface area contributed by atoms with Gasteiger partial charge in [-0.1, -0.05) is 18.7 Å². The normalized spacial score (nSPS) is 11.0. The van der Waals surface area contributed by atoms with Gasteiger partial charge in [0, 0.05) is 0 Å². The van der Waals surface area contributed by atoms with Crippen LogP contribution in [0.4, 0.5) is 0 Å². The highest BCUT2D eigenvalue weighted by atomic mass is 16.5. The second-order valence-corrected chi connectivity index (χ2v) is 2.51. The van der Waals surface area contributed by atoms with Gasteiger partial charge in [-0.15, -0.1) is 0 Å². The van der Waals surface area contributed by atoms with Crippen molar-refractivity contribution in [1.82, 2.24) is 0 Å². The van der Waals surface area contributed by atoms with Crippen molar-refractivity contribution in [3.8, 4) is 0 Å². The van der Waals surface area contributed by atoms with Gasteiger partial charge in [0.05, 0.1) is 6.61 Å². The van der Waals surface area contributed by atoms with Crippen LogP contribution in [0.3, 0.4) is 0 Å². The van der Waals surface area contributed by atoms with Gasteiger partial charge in [-0.2, -0.15) is 0 Å². The molecule has 62 valence electrons. The molecule has 0 atom stereocenters. The quantitative estimate of drug-likeness (QED) is 0.444. The first-order valence-electron chi connectivity index (χ1n) is 3.73. The molecule has 0 heterocycles. The molecule has 11 heavy (non-hydrogen) atoms. The zero-order valence-electron chi connectivity index (χ0n) is 7.61. The van der Waals surface area contributed by atoms with Crippen molar-refractivity contribution in [1.29, 1.82) is 0 Å². The number of ether oxygens (including phenoxy) is 1. The van der Waals surface area contributed by atoms with Crippen LogP contribution in [0.1, 0.15) is 20.8 Å². The van der Waals surface area contributed by atoms with Crippen LogP contribution < -0.4 is 0 Å². The molecule has 1 heteroatoms. The van der Waals surface area contributed by atoms with Gasteiger partial charge in [-0.25, -0.2) is 0 Å². The molecule has 0 bridgehead atoms. The van der Waals surface area contributed by atoms with E-state index in [-0.39, 0.29) is 0 Å². The zero-order valence-corrected chi connectivity index (χ0v) is 7.61. The molecule has 1 nitrogen and oxygen atoms in total. The van der Waals surface area contributed by atoms with Crippen LogP contribution in [0, 0.1) is 0 Å². The lowest BCUT2D eigenvalue weighted by Crippen LogP contribution is -1.87. The van der Waals surface area contributed by atoms with Crippen LogP contribution in [0.5, 0.6) is 0 Å². The third-order valence-corrected chi connectivity index (χ3v) is 1.38. The molecule has 0 aromatic rings. The average Bonchev–Trinajstić information content (AvgIpc) is 1.87. The fourth-order valence-corrected chi connectivity index (χ4v) is 0.592. The Labute approximate surface area is 69.1 Å². The molecule has 0 saturated heterocycles. The van der Waals surface area contributed by atoms with E-state index in [1.165, 1.54) is 0 Å². The van der Waals surface area contributed by atoms with Crippen molar-refractivity contribution in [2.75, 3.05) is 6.61 Å². The van der Waals surface area contributed by atoms with Gasteiger partial charge in [-0.05, 0) is 32.4 Å². The molecule has 0 aliphatic carbocycles. The van der Waals surface area contributed by atoms with Crippen LogP contribution >= 0.6 is 0 Å². The first-order valence-corrected chi connectivity index (χ1v) is 3.73. The maximum atomic E-state index is 5.15. The summed E-state index contributed by atoms with van der Waals surface area (Å²) in [5.41, 5.74) is 2.16.